The summed E-state index contributed by atoms with van der Waals surface area (Å²) < 4.78 is 2.26. The maximum Gasteiger partial charge on any atom is 0.318 e. The molecule has 26 heavy (non-hydrogen) atoms. The fourth-order valence-corrected chi connectivity index (χ4v) is 3.63. The van der Waals surface area contributed by atoms with E-state index in [1.165, 1.54) is 11.3 Å². The zero-order chi connectivity index (χ0) is 17.8. The lowest BCUT2D eigenvalue weighted by atomic mass is 10.0. The van der Waals surface area contributed by atoms with Crippen LogP contribution in [0.5, 0.6) is 0 Å². The predicted octanol–water partition coefficient (Wildman–Crippen LogP) is 4.00. The second-order valence-electron chi connectivity index (χ2n) is 6.67. The summed E-state index contributed by atoms with van der Waals surface area (Å²) in [5.74, 6) is 0. The molecule has 4 nitrogen and oxygen atoms in total. The molecular weight excluding hydrogens is 322 g/mol. The van der Waals surface area contributed by atoms with Crippen molar-refractivity contribution in [2.45, 2.75) is 25.6 Å². The predicted molar refractivity (Wildman–Crippen MR) is 103 cm³/mol. The summed E-state index contributed by atoms with van der Waals surface area (Å²) in [4.78, 5) is 14.9. The highest BCUT2D eigenvalue weighted by Crippen LogP contribution is 2.29. The van der Waals surface area contributed by atoms with Gasteiger partial charge < -0.3 is 14.8 Å². The number of aromatic nitrogens is 1. The maximum absolute atomic E-state index is 12.9. The molecule has 0 spiro atoms. The van der Waals surface area contributed by atoms with Crippen molar-refractivity contribution in [3.63, 3.8) is 0 Å². The lowest BCUT2D eigenvalue weighted by molar-refractivity contribution is 0.155. The molecule has 2 heterocycles. The van der Waals surface area contributed by atoms with Crippen molar-refractivity contribution < 1.29 is 4.79 Å². The van der Waals surface area contributed by atoms with E-state index in [1.807, 2.05) is 41.3 Å². The molecule has 4 heteroatoms. The number of amides is 2. The summed E-state index contributed by atoms with van der Waals surface area (Å²) in [6.45, 7) is 2.11. The quantitative estimate of drug-likeness (QED) is 0.762. The Kier molecular flexibility index (Phi) is 4.73. The van der Waals surface area contributed by atoms with Gasteiger partial charge in [0, 0.05) is 31.5 Å². The van der Waals surface area contributed by atoms with Gasteiger partial charge in [-0.3, -0.25) is 0 Å². The normalized spacial score (nSPS) is 16.2. The Hall–Kier alpha value is -3.01. The van der Waals surface area contributed by atoms with E-state index in [1.54, 1.807) is 0 Å². The van der Waals surface area contributed by atoms with E-state index < -0.39 is 0 Å². The van der Waals surface area contributed by atoms with Crippen LogP contribution in [0.4, 0.5) is 4.79 Å². The number of benzene rings is 2. The second kappa shape index (κ2) is 7.48. The van der Waals surface area contributed by atoms with Gasteiger partial charge in [0.15, 0.2) is 0 Å². The number of carbonyl (C=O) groups is 1. The van der Waals surface area contributed by atoms with Crippen LogP contribution < -0.4 is 5.32 Å². The number of urea groups is 1. The van der Waals surface area contributed by atoms with Gasteiger partial charge in [-0.15, -0.1) is 0 Å². The molecular formula is C22H23N3O. The lowest BCUT2D eigenvalue weighted by Gasteiger charge is -2.37. The number of hydrogen-bond donors (Lipinski definition) is 1. The van der Waals surface area contributed by atoms with Crippen molar-refractivity contribution in [3.8, 4) is 0 Å². The van der Waals surface area contributed by atoms with E-state index in [0.717, 1.165) is 25.1 Å². The SMILES string of the molecule is O=C(NCc1ccccc1)N1CCn2cccc2[C@@H]1Cc1ccccc1. The minimum Gasteiger partial charge on any atom is -0.348 e. The van der Waals surface area contributed by atoms with Crippen LogP contribution in [0.1, 0.15) is 22.9 Å². The fourth-order valence-electron chi connectivity index (χ4n) is 3.63. The number of nitrogens with zero attached hydrogens (tertiary/aromatic N) is 2. The molecule has 1 atom stereocenters. The van der Waals surface area contributed by atoms with E-state index >= 15 is 0 Å². The standard InChI is InChI=1S/C22H23N3O/c26-22(23-17-19-10-5-2-6-11-19)25-15-14-24-13-7-12-20(24)21(25)16-18-8-3-1-4-9-18/h1-13,21H,14-17H2,(H,23,26)/t21-/m0/s1. The molecule has 0 unspecified atom stereocenters. The Bertz CT molecular complexity index is 857. The van der Waals surface area contributed by atoms with Crippen molar-refractivity contribution in [2.75, 3.05) is 6.54 Å². The van der Waals surface area contributed by atoms with E-state index in [0.29, 0.717) is 6.54 Å². The lowest BCUT2D eigenvalue weighted by Crippen LogP contribution is -2.47. The summed E-state index contributed by atoms with van der Waals surface area (Å²) >= 11 is 0. The van der Waals surface area contributed by atoms with Gasteiger partial charge in [0.2, 0.25) is 0 Å². The van der Waals surface area contributed by atoms with Crippen LogP contribution in [0.3, 0.4) is 0 Å². The zero-order valence-electron chi connectivity index (χ0n) is 14.7. The van der Waals surface area contributed by atoms with Crippen molar-refractivity contribution in [1.29, 1.82) is 0 Å². The number of fused-ring (bicyclic) bond motifs is 1. The third kappa shape index (κ3) is 3.49. The summed E-state index contributed by atoms with van der Waals surface area (Å²) in [6, 6.07) is 24.7. The smallest absolute Gasteiger partial charge is 0.318 e. The van der Waals surface area contributed by atoms with Crippen molar-refractivity contribution in [2.24, 2.45) is 0 Å². The minimum atomic E-state index is 0.00207. The molecule has 3 aromatic rings. The molecule has 1 aliphatic heterocycles. The molecule has 0 saturated heterocycles. The molecule has 0 fully saturated rings. The zero-order valence-corrected chi connectivity index (χ0v) is 14.7. The largest absolute Gasteiger partial charge is 0.348 e. The van der Waals surface area contributed by atoms with E-state index in [2.05, 4.69) is 52.5 Å². The van der Waals surface area contributed by atoms with Crippen LogP contribution in [-0.4, -0.2) is 22.0 Å². The summed E-state index contributed by atoms with van der Waals surface area (Å²) in [6.07, 6.45) is 2.93. The third-order valence-electron chi connectivity index (χ3n) is 4.98. The summed E-state index contributed by atoms with van der Waals surface area (Å²) in [7, 11) is 0. The number of rotatable bonds is 4. The molecule has 2 amide bonds. The average molecular weight is 345 g/mol. The van der Waals surface area contributed by atoms with Crippen LogP contribution in [0.2, 0.25) is 0 Å². The number of carbonyl (C=O) groups excluding carboxylic acids is 1. The molecule has 4 rings (SSSR count). The van der Waals surface area contributed by atoms with Crippen molar-refractivity contribution in [3.05, 3.63) is 95.8 Å². The first-order valence-corrected chi connectivity index (χ1v) is 9.08. The van der Waals surface area contributed by atoms with Gasteiger partial charge in [-0.2, -0.15) is 0 Å². The first-order chi connectivity index (χ1) is 12.8. The molecule has 2 aromatic carbocycles. The molecule has 0 bridgehead atoms. The maximum atomic E-state index is 12.9. The topological polar surface area (TPSA) is 37.3 Å². The number of nitrogens with one attached hydrogen (secondary N) is 1. The van der Waals surface area contributed by atoms with E-state index in [4.69, 9.17) is 0 Å². The Balaban J connectivity index is 1.52. The molecule has 1 N–H and O–H groups in total. The Morgan fingerprint density at radius 2 is 1.58 bits per heavy atom. The Morgan fingerprint density at radius 1 is 0.885 bits per heavy atom. The Labute approximate surface area is 154 Å². The van der Waals surface area contributed by atoms with Crippen molar-refractivity contribution >= 4 is 6.03 Å². The average Bonchev–Trinajstić information content (AvgIpc) is 3.17. The van der Waals surface area contributed by atoms with Gasteiger partial charge in [0.1, 0.15) is 0 Å². The molecule has 0 saturated carbocycles. The van der Waals surface area contributed by atoms with Crippen LogP contribution in [-0.2, 0) is 19.5 Å². The van der Waals surface area contributed by atoms with Gasteiger partial charge in [0.25, 0.3) is 0 Å². The first kappa shape index (κ1) is 16.5. The van der Waals surface area contributed by atoms with E-state index in [-0.39, 0.29) is 12.1 Å². The van der Waals surface area contributed by atoms with Crippen LogP contribution in [0.25, 0.3) is 0 Å². The van der Waals surface area contributed by atoms with Gasteiger partial charge in [-0.05, 0) is 29.7 Å². The van der Waals surface area contributed by atoms with Crippen LogP contribution in [0, 0.1) is 0 Å². The van der Waals surface area contributed by atoms with Crippen LogP contribution >= 0.6 is 0 Å². The van der Waals surface area contributed by atoms with E-state index in [9.17, 15) is 4.79 Å². The van der Waals surface area contributed by atoms with Gasteiger partial charge in [-0.1, -0.05) is 60.7 Å². The highest BCUT2D eigenvalue weighted by Gasteiger charge is 2.30. The highest BCUT2D eigenvalue weighted by molar-refractivity contribution is 5.75. The summed E-state index contributed by atoms with van der Waals surface area (Å²) in [5, 5.41) is 3.09. The molecule has 0 radical (unpaired) electrons. The fraction of sp³-hybridized carbons (Fsp3) is 0.227. The molecule has 1 aliphatic rings. The van der Waals surface area contributed by atoms with Gasteiger partial charge in [-0.25, -0.2) is 4.79 Å². The second-order valence-corrected chi connectivity index (χ2v) is 6.67. The number of hydrogen-bond acceptors (Lipinski definition) is 1. The molecule has 1 aromatic heterocycles. The monoisotopic (exact) mass is 345 g/mol. The Morgan fingerprint density at radius 3 is 2.31 bits per heavy atom. The van der Waals surface area contributed by atoms with Crippen LogP contribution in [0.15, 0.2) is 79.0 Å². The molecule has 0 aliphatic carbocycles. The van der Waals surface area contributed by atoms with Gasteiger partial charge >= 0.3 is 6.03 Å². The van der Waals surface area contributed by atoms with Crippen molar-refractivity contribution in [1.82, 2.24) is 14.8 Å². The highest BCUT2D eigenvalue weighted by atomic mass is 16.2. The third-order valence-corrected chi connectivity index (χ3v) is 4.98. The minimum absolute atomic E-state index is 0.00207. The summed E-state index contributed by atoms with van der Waals surface area (Å²) in [5.41, 5.74) is 3.56. The molecule has 132 valence electrons. The first-order valence-electron chi connectivity index (χ1n) is 9.08. The van der Waals surface area contributed by atoms with Gasteiger partial charge in [0.05, 0.1) is 6.04 Å².